The minimum atomic E-state index is 0.0314. The molecule has 0 aliphatic carbocycles. The Balaban J connectivity index is 2.08. The molecule has 0 atom stereocenters. The molecule has 23 heavy (non-hydrogen) atoms. The molecule has 0 saturated carbocycles. The number of hydrogen-bond acceptors (Lipinski definition) is 3. The first-order valence-corrected chi connectivity index (χ1v) is 8.61. The summed E-state index contributed by atoms with van der Waals surface area (Å²) in [5.41, 5.74) is 5.21. The van der Waals surface area contributed by atoms with Crippen LogP contribution in [0.15, 0.2) is 29.8 Å². The van der Waals surface area contributed by atoms with Gasteiger partial charge in [0, 0.05) is 18.5 Å². The van der Waals surface area contributed by atoms with Gasteiger partial charge >= 0.3 is 0 Å². The van der Waals surface area contributed by atoms with Crippen LogP contribution in [0.5, 0.6) is 0 Å². The van der Waals surface area contributed by atoms with E-state index in [4.69, 9.17) is 0 Å². The fraction of sp³-hybridized carbons (Fsp3) is 0.263. The van der Waals surface area contributed by atoms with Crippen LogP contribution in [0, 0.1) is 6.92 Å². The molecule has 0 saturated heterocycles. The summed E-state index contributed by atoms with van der Waals surface area (Å²) in [5, 5.41) is 1.94. The normalized spacial score (nSPS) is 11.9. The van der Waals surface area contributed by atoms with E-state index in [2.05, 4.69) is 50.0 Å². The summed E-state index contributed by atoms with van der Waals surface area (Å²) in [7, 11) is 0. The van der Waals surface area contributed by atoms with E-state index < -0.39 is 0 Å². The molecule has 2 aromatic heterocycles. The van der Waals surface area contributed by atoms with Gasteiger partial charge in [-0.25, -0.2) is 4.98 Å². The average molecular weight is 324 g/mol. The van der Waals surface area contributed by atoms with Crippen LogP contribution in [0.4, 0.5) is 0 Å². The zero-order valence-corrected chi connectivity index (χ0v) is 14.6. The third-order valence-electron chi connectivity index (χ3n) is 3.98. The Labute approximate surface area is 140 Å². The van der Waals surface area contributed by atoms with Crippen LogP contribution in [-0.2, 0) is 0 Å². The fourth-order valence-corrected chi connectivity index (χ4v) is 3.80. The molecule has 118 valence electrons. The number of benzene rings is 1. The molecule has 0 aliphatic heterocycles. The second kappa shape index (κ2) is 6.13. The maximum atomic E-state index is 12.0. The topological polar surface area (TPSA) is 34.4 Å². The summed E-state index contributed by atoms with van der Waals surface area (Å²) in [5.74, 6) is 0.484. The molecular formula is C19H20N2OS. The summed E-state index contributed by atoms with van der Waals surface area (Å²) in [6.07, 6.45) is 5.92. The summed E-state index contributed by atoms with van der Waals surface area (Å²) >= 11 is 1.54. The molecule has 3 rings (SSSR count). The Morgan fingerprint density at radius 2 is 2.09 bits per heavy atom. The van der Waals surface area contributed by atoms with Gasteiger partial charge in [0.15, 0.2) is 10.7 Å². The van der Waals surface area contributed by atoms with Crippen molar-refractivity contribution in [1.82, 2.24) is 9.38 Å². The van der Waals surface area contributed by atoms with Gasteiger partial charge in [-0.05, 0) is 35.6 Å². The first-order chi connectivity index (χ1) is 11.0. The summed E-state index contributed by atoms with van der Waals surface area (Å²) in [6.45, 7) is 8.13. The highest BCUT2D eigenvalue weighted by Gasteiger charge is 2.15. The number of aryl methyl sites for hydroxylation is 1. The maximum Gasteiger partial charge on any atom is 0.194 e. The molecule has 0 bridgehead atoms. The number of aromatic nitrogens is 2. The van der Waals surface area contributed by atoms with Crippen molar-refractivity contribution in [2.24, 2.45) is 0 Å². The zero-order chi connectivity index (χ0) is 16.6. The molecule has 0 fully saturated rings. The molecule has 0 N–H and O–H groups in total. The van der Waals surface area contributed by atoms with Gasteiger partial charge in [0.05, 0.1) is 5.69 Å². The van der Waals surface area contributed by atoms with Crippen molar-refractivity contribution < 1.29 is 4.79 Å². The molecule has 2 heterocycles. The van der Waals surface area contributed by atoms with Crippen LogP contribution < -0.4 is 0 Å². The summed E-state index contributed by atoms with van der Waals surface area (Å²) in [6, 6.07) is 6.32. The van der Waals surface area contributed by atoms with Gasteiger partial charge < -0.3 is 0 Å². The third-order valence-corrected chi connectivity index (χ3v) is 4.74. The minimum absolute atomic E-state index is 0.0314. The van der Waals surface area contributed by atoms with Gasteiger partial charge in [-0.3, -0.25) is 9.20 Å². The molecule has 1 aromatic carbocycles. The van der Waals surface area contributed by atoms with Gasteiger partial charge in [-0.15, -0.1) is 11.3 Å². The number of thiazole rings is 1. The Hall–Kier alpha value is -2.20. The molecule has 3 nitrogen and oxygen atoms in total. The zero-order valence-electron chi connectivity index (χ0n) is 13.8. The predicted molar refractivity (Wildman–Crippen MR) is 97.3 cm³/mol. The lowest BCUT2D eigenvalue weighted by molar-refractivity contribution is 0.101. The minimum Gasteiger partial charge on any atom is -0.293 e. The Morgan fingerprint density at radius 3 is 2.78 bits per heavy atom. The van der Waals surface area contributed by atoms with E-state index in [-0.39, 0.29) is 5.78 Å². The van der Waals surface area contributed by atoms with Crippen molar-refractivity contribution in [3.63, 3.8) is 0 Å². The largest absolute Gasteiger partial charge is 0.293 e. The van der Waals surface area contributed by atoms with E-state index in [0.717, 1.165) is 10.7 Å². The van der Waals surface area contributed by atoms with Gasteiger partial charge in [0.1, 0.15) is 5.69 Å². The van der Waals surface area contributed by atoms with Crippen LogP contribution in [0.1, 0.15) is 59.6 Å². The lowest BCUT2D eigenvalue weighted by Crippen LogP contribution is -1.99. The van der Waals surface area contributed by atoms with Gasteiger partial charge in [-0.1, -0.05) is 38.1 Å². The van der Waals surface area contributed by atoms with Crippen molar-refractivity contribution in [2.45, 2.75) is 33.6 Å². The lowest BCUT2D eigenvalue weighted by Gasteiger charge is -2.13. The lowest BCUT2D eigenvalue weighted by atomic mass is 9.92. The summed E-state index contributed by atoms with van der Waals surface area (Å²) < 4.78 is 1.87. The first-order valence-electron chi connectivity index (χ1n) is 7.73. The number of hydrogen-bond donors (Lipinski definition) is 0. The summed E-state index contributed by atoms with van der Waals surface area (Å²) in [4.78, 5) is 17.4. The fourth-order valence-electron chi connectivity index (χ4n) is 3.07. The van der Waals surface area contributed by atoms with E-state index in [0.29, 0.717) is 11.6 Å². The maximum absolute atomic E-state index is 12.0. The van der Waals surface area contributed by atoms with E-state index in [1.54, 1.807) is 6.92 Å². The Bertz CT molecular complexity index is 899. The third kappa shape index (κ3) is 2.86. The number of imidazole rings is 1. The molecule has 0 aliphatic rings. The second-order valence-corrected chi connectivity index (χ2v) is 6.90. The quantitative estimate of drug-likeness (QED) is 0.618. The van der Waals surface area contributed by atoms with Crippen LogP contribution in [0.2, 0.25) is 0 Å². The highest BCUT2D eigenvalue weighted by molar-refractivity contribution is 7.15. The predicted octanol–water partition coefficient (Wildman–Crippen LogP) is 5.20. The number of nitrogens with zero attached hydrogens (tertiary/aromatic N) is 2. The van der Waals surface area contributed by atoms with Crippen molar-refractivity contribution in [2.75, 3.05) is 0 Å². The highest BCUT2D eigenvalue weighted by atomic mass is 32.1. The molecular weight excluding hydrogens is 304 g/mol. The highest BCUT2D eigenvalue weighted by Crippen LogP contribution is 2.26. The SMILES string of the molecule is CC(=O)c1c(C=Cc2cccc(C)c2C(C)C)nc2sccn12. The van der Waals surface area contributed by atoms with Crippen LogP contribution in [-0.4, -0.2) is 15.2 Å². The molecule has 0 amide bonds. The van der Waals surface area contributed by atoms with Crippen molar-refractivity contribution in [3.8, 4) is 0 Å². The number of rotatable bonds is 4. The van der Waals surface area contributed by atoms with E-state index in [1.165, 1.54) is 28.0 Å². The van der Waals surface area contributed by atoms with Crippen molar-refractivity contribution in [3.05, 3.63) is 57.9 Å². The molecule has 4 heteroatoms. The van der Waals surface area contributed by atoms with Gasteiger partial charge in [0.2, 0.25) is 0 Å². The molecule has 3 aromatic rings. The number of ketones is 1. The van der Waals surface area contributed by atoms with Gasteiger partial charge in [-0.2, -0.15) is 0 Å². The second-order valence-electron chi connectivity index (χ2n) is 6.02. The monoisotopic (exact) mass is 324 g/mol. The number of fused-ring (bicyclic) bond motifs is 1. The smallest absolute Gasteiger partial charge is 0.194 e. The van der Waals surface area contributed by atoms with Crippen molar-refractivity contribution in [1.29, 1.82) is 0 Å². The van der Waals surface area contributed by atoms with Crippen LogP contribution >= 0.6 is 11.3 Å². The number of carbonyl (C=O) groups is 1. The van der Waals surface area contributed by atoms with Crippen LogP contribution in [0.3, 0.4) is 0 Å². The Morgan fingerprint density at radius 1 is 1.30 bits per heavy atom. The number of carbonyl (C=O) groups excluding carboxylic acids is 1. The van der Waals surface area contributed by atoms with E-state index in [1.807, 2.05) is 22.1 Å². The average Bonchev–Trinajstić information content (AvgIpc) is 3.04. The molecule has 0 unspecified atom stereocenters. The van der Waals surface area contributed by atoms with E-state index >= 15 is 0 Å². The van der Waals surface area contributed by atoms with E-state index in [9.17, 15) is 4.79 Å². The van der Waals surface area contributed by atoms with Gasteiger partial charge in [0.25, 0.3) is 0 Å². The number of Topliss-reactive ketones (excluding diaryl/α,β-unsaturated/α-hetero) is 1. The van der Waals surface area contributed by atoms with Crippen molar-refractivity contribution >= 4 is 34.2 Å². The standard InChI is InChI=1S/C19H20N2OS/c1-12(2)17-13(3)6-5-7-15(17)8-9-16-18(14(4)22)21-10-11-23-19(21)20-16/h5-12H,1-4H3. The van der Waals surface area contributed by atoms with Crippen LogP contribution in [0.25, 0.3) is 17.1 Å². The molecule has 0 radical (unpaired) electrons. The first kappa shape index (κ1) is 15.7. The molecule has 0 spiro atoms. The Kier molecular flexibility index (Phi) is 4.18.